The lowest BCUT2D eigenvalue weighted by molar-refractivity contribution is 0.275. The maximum absolute atomic E-state index is 12.0. The van der Waals surface area contributed by atoms with Gasteiger partial charge in [-0.15, -0.1) is 0 Å². The lowest BCUT2D eigenvalue weighted by Crippen LogP contribution is -2.18. The summed E-state index contributed by atoms with van der Waals surface area (Å²) in [5.41, 5.74) is 1.93. The zero-order valence-electron chi connectivity index (χ0n) is 14.4. The predicted molar refractivity (Wildman–Crippen MR) is 109 cm³/mol. The summed E-state index contributed by atoms with van der Waals surface area (Å²) in [6, 6.07) is 17.2. The number of fused-ring (bicyclic) bond motifs is 1. The number of H-pyrrole nitrogens is 1. The highest BCUT2D eigenvalue weighted by atomic mass is 79.9. The van der Waals surface area contributed by atoms with Crippen LogP contribution in [0, 0.1) is 6.92 Å². The molecule has 6 nitrogen and oxygen atoms in total. The van der Waals surface area contributed by atoms with Crippen LogP contribution in [0.3, 0.4) is 0 Å². The average molecular weight is 448 g/mol. The number of hydrogen-bond donors (Lipinski definition) is 2. The number of nitrogens with one attached hydrogen (secondary N) is 1. The second kappa shape index (κ2) is 8.47. The molecule has 2 aromatic heterocycles. The van der Waals surface area contributed by atoms with Crippen LogP contribution in [0.15, 0.2) is 63.9 Å². The number of aliphatic hydroxyl groups excluding tert-OH is 1. The largest absolute Gasteiger partial charge is 0.390 e. The van der Waals surface area contributed by atoms with E-state index in [1.54, 1.807) is 0 Å². The van der Waals surface area contributed by atoms with E-state index in [0.717, 1.165) is 16.1 Å². The van der Waals surface area contributed by atoms with Gasteiger partial charge >= 0.3 is 0 Å². The van der Waals surface area contributed by atoms with Crippen LogP contribution in [0.1, 0.15) is 11.3 Å². The number of hydrogen-bond acceptors (Lipinski definition) is 4. The minimum atomic E-state index is -0.330. The topological polar surface area (TPSA) is 83.3 Å². The first-order valence-corrected chi connectivity index (χ1v) is 9.23. The van der Waals surface area contributed by atoms with Gasteiger partial charge in [0.25, 0.3) is 11.3 Å². The molecule has 0 saturated heterocycles. The van der Waals surface area contributed by atoms with E-state index in [1.165, 1.54) is 4.52 Å². The van der Waals surface area contributed by atoms with E-state index in [-0.39, 0.29) is 28.1 Å². The van der Waals surface area contributed by atoms with Gasteiger partial charge in [-0.1, -0.05) is 60.1 Å². The van der Waals surface area contributed by atoms with Crippen LogP contribution in [0.25, 0.3) is 17.2 Å². The minimum Gasteiger partial charge on any atom is -0.390 e. The molecule has 27 heavy (non-hydrogen) atoms. The van der Waals surface area contributed by atoms with E-state index >= 15 is 0 Å². The van der Waals surface area contributed by atoms with Crippen molar-refractivity contribution in [3.8, 4) is 11.4 Å². The number of aliphatic hydroxyl groups is 1. The van der Waals surface area contributed by atoms with Crippen LogP contribution in [0.2, 0.25) is 5.02 Å². The average Bonchev–Trinajstić information content (AvgIpc) is 3.13. The summed E-state index contributed by atoms with van der Waals surface area (Å²) in [4.78, 5) is 20.4. The molecule has 0 amide bonds. The van der Waals surface area contributed by atoms with Gasteiger partial charge in [0, 0.05) is 10.6 Å². The Kier molecular flexibility index (Phi) is 6.05. The van der Waals surface area contributed by atoms with Gasteiger partial charge in [0.05, 0.1) is 12.3 Å². The van der Waals surface area contributed by atoms with Crippen LogP contribution in [-0.2, 0) is 6.61 Å². The summed E-state index contributed by atoms with van der Waals surface area (Å²) in [7, 11) is 0. The summed E-state index contributed by atoms with van der Waals surface area (Å²) in [6.07, 6.45) is 0. The molecule has 0 fully saturated rings. The van der Waals surface area contributed by atoms with Crippen LogP contribution in [0.5, 0.6) is 0 Å². The zero-order valence-corrected chi connectivity index (χ0v) is 16.7. The Morgan fingerprint density at radius 3 is 2.37 bits per heavy atom. The summed E-state index contributed by atoms with van der Waals surface area (Å²) in [6.45, 7) is 1.67. The Bertz CT molecular complexity index is 1100. The molecule has 0 atom stereocenters. The number of rotatable bonds is 2. The molecule has 0 unspecified atom stereocenters. The fourth-order valence-electron chi connectivity index (χ4n) is 2.32. The molecule has 2 N–H and O–H groups in total. The van der Waals surface area contributed by atoms with Crippen LogP contribution in [-0.4, -0.2) is 24.7 Å². The van der Waals surface area contributed by atoms with Crippen molar-refractivity contribution in [2.75, 3.05) is 0 Å². The summed E-state index contributed by atoms with van der Waals surface area (Å²) in [5, 5.41) is 12.9. The van der Waals surface area contributed by atoms with Gasteiger partial charge in [-0.25, -0.2) is 4.98 Å². The highest BCUT2D eigenvalue weighted by molar-refractivity contribution is 9.10. The predicted octanol–water partition coefficient (Wildman–Crippen LogP) is 3.99. The molecule has 2 aromatic carbocycles. The quantitative estimate of drug-likeness (QED) is 0.487. The lowest BCUT2D eigenvalue weighted by atomic mass is 10.2. The van der Waals surface area contributed by atoms with Gasteiger partial charge in [-0.2, -0.15) is 9.50 Å². The third-order valence-electron chi connectivity index (χ3n) is 3.78. The Labute approximate surface area is 168 Å². The molecule has 0 aliphatic carbocycles. The summed E-state index contributed by atoms with van der Waals surface area (Å²) >= 11 is 8.83. The third kappa shape index (κ3) is 4.27. The molecule has 0 saturated carbocycles. The van der Waals surface area contributed by atoms with E-state index in [1.807, 2.05) is 61.5 Å². The fourth-order valence-corrected chi connectivity index (χ4v) is 2.85. The van der Waals surface area contributed by atoms with Gasteiger partial charge < -0.3 is 5.11 Å². The van der Waals surface area contributed by atoms with Gasteiger partial charge in [0.2, 0.25) is 0 Å². The molecule has 0 aliphatic rings. The second-order valence-corrected chi connectivity index (χ2v) is 6.86. The molecular formula is C19H16BrClN4O2. The lowest BCUT2D eigenvalue weighted by Gasteiger charge is -1.98. The highest BCUT2D eigenvalue weighted by Crippen LogP contribution is 2.16. The number of benzene rings is 2. The van der Waals surface area contributed by atoms with E-state index in [2.05, 4.69) is 31.0 Å². The van der Waals surface area contributed by atoms with E-state index in [0.29, 0.717) is 5.82 Å². The summed E-state index contributed by atoms with van der Waals surface area (Å²) < 4.78 is 1.47. The monoisotopic (exact) mass is 446 g/mol. The Morgan fingerprint density at radius 1 is 1.11 bits per heavy atom. The molecule has 8 heteroatoms. The van der Waals surface area contributed by atoms with E-state index < -0.39 is 0 Å². The molecule has 4 rings (SSSR count). The Morgan fingerprint density at radius 2 is 1.78 bits per heavy atom. The number of nitrogens with zero attached hydrogens (tertiary/aromatic N) is 3. The standard InChI is InChI=1S/C12H9BrN4O2.C7H7Cl/c13-9-8(6-18)14-12-15-10(16-17(12)11(9)19)7-4-2-1-3-5-7;1-6-4-2-3-5-7(6)8/h1-5,18H,6H2,(H,14,15,16);2-5H,1H3. The first-order chi connectivity index (χ1) is 13.0. The van der Waals surface area contributed by atoms with Crippen LogP contribution >= 0.6 is 27.5 Å². The second-order valence-electron chi connectivity index (χ2n) is 5.66. The van der Waals surface area contributed by atoms with Crippen LogP contribution in [0.4, 0.5) is 0 Å². The van der Waals surface area contributed by atoms with E-state index in [4.69, 9.17) is 16.7 Å². The summed E-state index contributed by atoms with van der Waals surface area (Å²) in [5.74, 6) is 0.781. The van der Waals surface area contributed by atoms with Crippen molar-refractivity contribution >= 4 is 33.3 Å². The molecule has 138 valence electrons. The highest BCUT2D eigenvalue weighted by Gasteiger charge is 2.13. The smallest absolute Gasteiger partial charge is 0.288 e. The van der Waals surface area contributed by atoms with Crippen molar-refractivity contribution in [2.45, 2.75) is 13.5 Å². The van der Waals surface area contributed by atoms with E-state index in [9.17, 15) is 4.79 Å². The Balaban J connectivity index is 0.000000221. The van der Waals surface area contributed by atoms with Crippen molar-refractivity contribution in [2.24, 2.45) is 0 Å². The molecule has 0 radical (unpaired) electrons. The van der Waals surface area contributed by atoms with Gasteiger partial charge in [0.1, 0.15) is 4.47 Å². The van der Waals surface area contributed by atoms with Crippen molar-refractivity contribution in [1.82, 2.24) is 19.6 Å². The normalized spacial score (nSPS) is 10.5. The maximum Gasteiger partial charge on any atom is 0.288 e. The molecule has 4 aromatic rings. The zero-order chi connectivity index (χ0) is 19.4. The minimum absolute atomic E-state index is 0.232. The van der Waals surface area contributed by atoms with Crippen molar-refractivity contribution < 1.29 is 5.11 Å². The molecular weight excluding hydrogens is 432 g/mol. The number of aryl methyl sites for hydroxylation is 1. The van der Waals surface area contributed by atoms with Crippen LogP contribution < -0.4 is 5.56 Å². The maximum atomic E-state index is 12.0. The van der Waals surface area contributed by atoms with Gasteiger partial charge in [-0.3, -0.25) is 9.89 Å². The third-order valence-corrected chi connectivity index (χ3v) is 5.00. The molecule has 0 bridgehead atoms. The first kappa shape index (κ1) is 19.3. The molecule has 2 heterocycles. The van der Waals surface area contributed by atoms with Gasteiger partial charge in [0.15, 0.2) is 5.82 Å². The number of aromatic nitrogens is 4. The molecule has 0 spiro atoms. The molecule has 0 aliphatic heterocycles. The van der Waals surface area contributed by atoms with Crippen molar-refractivity contribution in [3.63, 3.8) is 0 Å². The van der Waals surface area contributed by atoms with Crippen molar-refractivity contribution in [1.29, 1.82) is 0 Å². The van der Waals surface area contributed by atoms with Gasteiger partial charge in [-0.05, 0) is 34.5 Å². The number of aromatic amines is 1. The Hall–Kier alpha value is -2.48. The fraction of sp³-hybridized carbons (Fsp3) is 0.105. The SMILES string of the molecule is Cc1ccccc1Cl.O=c1c(Br)c(CO)nc2nc(-c3ccccc3)[nH]n12. The van der Waals surface area contributed by atoms with Crippen molar-refractivity contribution in [3.05, 3.63) is 85.7 Å². The number of halogens is 2. The first-order valence-electron chi connectivity index (χ1n) is 8.06.